The van der Waals surface area contributed by atoms with Crippen molar-refractivity contribution in [1.29, 1.82) is 0 Å². The maximum absolute atomic E-state index is 12.0. The van der Waals surface area contributed by atoms with E-state index < -0.39 is 0 Å². The van der Waals surface area contributed by atoms with Crippen molar-refractivity contribution in [3.63, 3.8) is 0 Å². The number of methoxy groups -OCH3 is 1. The third kappa shape index (κ3) is 5.00. The van der Waals surface area contributed by atoms with Crippen molar-refractivity contribution in [2.24, 2.45) is 0 Å². The molecule has 0 aliphatic rings. The first-order valence-corrected chi connectivity index (χ1v) is 7.61. The van der Waals surface area contributed by atoms with Crippen LogP contribution in [0.3, 0.4) is 0 Å². The summed E-state index contributed by atoms with van der Waals surface area (Å²) in [6, 6.07) is 15.6. The Morgan fingerprint density at radius 3 is 2.48 bits per heavy atom. The first-order chi connectivity index (χ1) is 11.1. The van der Waals surface area contributed by atoms with Crippen LogP contribution in [-0.2, 0) is 11.3 Å². The second-order valence-electron chi connectivity index (χ2n) is 5.50. The number of amides is 1. The van der Waals surface area contributed by atoms with E-state index in [1.807, 2.05) is 72.8 Å². The molecular weight excluding hydrogens is 290 g/mol. The lowest BCUT2D eigenvalue weighted by Gasteiger charge is -2.13. The largest absolute Gasteiger partial charge is 0.496 e. The zero-order chi connectivity index (χ0) is 16.7. The van der Waals surface area contributed by atoms with Gasteiger partial charge >= 0.3 is 0 Å². The highest BCUT2D eigenvalue weighted by molar-refractivity contribution is 5.91. The standard InChI is InChI=1S/C18H23N3O2/c1-21(2)16-10-8-15(9-11-16)20-18(22)13-19-12-14-6-4-5-7-17(14)23-3/h4-11,19H,12-13H2,1-3H3,(H,20,22)/p+1. The van der Waals surface area contributed by atoms with Gasteiger partial charge < -0.3 is 20.3 Å². The topological polar surface area (TPSA) is 58.2 Å². The van der Waals surface area contributed by atoms with Crippen LogP contribution < -0.4 is 20.3 Å². The molecule has 23 heavy (non-hydrogen) atoms. The van der Waals surface area contributed by atoms with Gasteiger partial charge in [0, 0.05) is 31.0 Å². The van der Waals surface area contributed by atoms with Crippen molar-refractivity contribution in [3.8, 4) is 5.75 Å². The van der Waals surface area contributed by atoms with Crippen LogP contribution in [0.25, 0.3) is 0 Å². The van der Waals surface area contributed by atoms with Crippen LogP contribution in [0.2, 0.25) is 0 Å². The molecule has 122 valence electrons. The summed E-state index contributed by atoms with van der Waals surface area (Å²) in [5.41, 5.74) is 3.00. The Hall–Kier alpha value is -2.53. The van der Waals surface area contributed by atoms with Crippen LogP contribution in [0.1, 0.15) is 5.56 Å². The molecule has 2 rings (SSSR count). The van der Waals surface area contributed by atoms with E-state index in [2.05, 4.69) is 5.32 Å². The van der Waals surface area contributed by atoms with Crippen molar-refractivity contribution in [2.45, 2.75) is 6.54 Å². The SMILES string of the molecule is COc1ccccc1C[NH2+]CC(=O)Nc1ccc(N(C)C)cc1. The highest BCUT2D eigenvalue weighted by Crippen LogP contribution is 2.16. The molecule has 0 bridgehead atoms. The summed E-state index contributed by atoms with van der Waals surface area (Å²) in [4.78, 5) is 14.0. The van der Waals surface area contributed by atoms with Gasteiger partial charge in [-0.3, -0.25) is 4.79 Å². The highest BCUT2D eigenvalue weighted by Gasteiger charge is 2.07. The number of carbonyl (C=O) groups is 1. The number of hydrogen-bond acceptors (Lipinski definition) is 3. The van der Waals surface area contributed by atoms with Crippen molar-refractivity contribution in [1.82, 2.24) is 0 Å². The molecule has 0 spiro atoms. The predicted molar refractivity (Wildman–Crippen MR) is 92.9 cm³/mol. The third-order valence-electron chi connectivity index (χ3n) is 3.55. The van der Waals surface area contributed by atoms with E-state index in [-0.39, 0.29) is 5.91 Å². The Morgan fingerprint density at radius 2 is 1.83 bits per heavy atom. The van der Waals surface area contributed by atoms with Gasteiger partial charge in [0.2, 0.25) is 0 Å². The first-order valence-electron chi connectivity index (χ1n) is 7.61. The maximum Gasteiger partial charge on any atom is 0.279 e. The van der Waals surface area contributed by atoms with Gasteiger partial charge in [-0.05, 0) is 36.4 Å². The molecule has 2 aromatic rings. The van der Waals surface area contributed by atoms with Gasteiger partial charge in [-0.15, -0.1) is 0 Å². The van der Waals surface area contributed by atoms with E-state index in [1.54, 1.807) is 7.11 Å². The minimum Gasteiger partial charge on any atom is -0.496 e. The normalized spacial score (nSPS) is 10.2. The summed E-state index contributed by atoms with van der Waals surface area (Å²) in [6.07, 6.45) is 0. The van der Waals surface area contributed by atoms with E-state index in [0.717, 1.165) is 22.7 Å². The number of nitrogens with two attached hydrogens (primary N) is 1. The molecule has 1 amide bonds. The summed E-state index contributed by atoms with van der Waals surface area (Å²) < 4.78 is 5.30. The van der Waals surface area contributed by atoms with Crippen molar-refractivity contribution >= 4 is 17.3 Å². The predicted octanol–water partition coefficient (Wildman–Crippen LogP) is 1.46. The van der Waals surface area contributed by atoms with E-state index in [1.165, 1.54) is 0 Å². The monoisotopic (exact) mass is 314 g/mol. The fourth-order valence-corrected chi connectivity index (χ4v) is 2.29. The zero-order valence-corrected chi connectivity index (χ0v) is 13.9. The molecule has 0 aliphatic heterocycles. The minimum absolute atomic E-state index is 0.0162. The number of nitrogens with zero attached hydrogens (tertiary/aromatic N) is 1. The van der Waals surface area contributed by atoms with Gasteiger partial charge in [-0.25, -0.2) is 0 Å². The number of quaternary nitrogens is 1. The first kappa shape index (κ1) is 16.8. The molecule has 0 saturated heterocycles. The van der Waals surface area contributed by atoms with Gasteiger partial charge in [-0.2, -0.15) is 0 Å². The molecule has 5 heteroatoms. The number of nitrogens with one attached hydrogen (secondary N) is 1. The molecule has 0 heterocycles. The number of para-hydroxylation sites is 1. The van der Waals surface area contributed by atoms with E-state index in [9.17, 15) is 4.79 Å². The van der Waals surface area contributed by atoms with Gasteiger partial charge in [0.05, 0.1) is 7.11 Å². The van der Waals surface area contributed by atoms with Crippen LogP contribution >= 0.6 is 0 Å². The lowest BCUT2D eigenvalue weighted by atomic mass is 10.2. The highest BCUT2D eigenvalue weighted by atomic mass is 16.5. The second-order valence-corrected chi connectivity index (χ2v) is 5.50. The number of anilines is 2. The summed E-state index contributed by atoms with van der Waals surface area (Å²) in [5.74, 6) is 0.834. The smallest absolute Gasteiger partial charge is 0.279 e. The Balaban J connectivity index is 1.81. The molecule has 0 radical (unpaired) electrons. The van der Waals surface area contributed by atoms with Crippen molar-refractivity contribution < 1.29 is 14.8 Å². The van der Waals surface area contributed by atoms with Crippen LogP contribution in [0.4, 0.5) is 11.4 Å². The number of ether oxygens (including phenoxy) is 1. The van der Waals surface area contributed by atoms with Crippen LogP contribution in [0.5, 0.6) is 5.75 Å². The molecular formula is C18H24N3O2+. The number of carbonyl (C=O) groups excluding carboxylic acids is 1. The van der Waals surface area contributed by atoms with Crippen molar-refractivity contribution in [3.05, 3.63) is 54.1 Å². The Labute approximate surface area is 137 Å². The molecule has 5 nitrogen and oxygen atoms in total. The average Bonchev–Trinajstić information content (AvgIpc) is 2.55. The summed E-state index contributed by atoms with van der Waals surface area (Å²) in [5, 5.41) is 4.86. The Kier molecular flexibility index (Phi) is 6.00. The summed E-state index contributed by atoms with van der Waals surface area (Å²) in [6.45, 7) is 1.07. The van der Waals surface area contributed by atoms with E-state index >= 15 is 0 Å². The molecule has 3 N–H and O–H groups in total. The summed E-state index contributed by atoms with van der Waals surface area (Å²) >= 11 is 0. The van der Waals surface area contributed by atoms with E-state index in [0.29, 0.717) is 13.1 Å². The molecule has 0 atom stereocenters. The molecule has 0 fully saturated rings. The fourth-order valence-electron chi connectivity index (χ4n) is 2.29. The van der Waals surface area contributed by atoms with Gasteiger partial charge in [0.1, 0.15) is 12.3 Å². The van der Waals surface area contributed by atoms with Gasteiger partial charge in [0.25, 0.3) is 5.91 Å². The van der Waals surface area contributed by atoms with Crippen molar-refractivity contribution in [2.75, 3.05) is 38.0 Å². The number of hydrogen-bond donors (Lipinski definition) is 2. The van der Waals surface area contributed by atoms with Crippen LogP contribution in [0, 0.1) is 0 Å². The quantitative estimate of drug-likeness (QED) is 0.813. The molecule has 0 aliphatic carbocycles. The van der Waals surface area contributed by atoms with Gasteiger partial charge in [0.15, 0.2) is 6.54 Å². The fraction of sp³-hybridized carbons (Fsp3) is 0.278. The number of rotatable bonds is 7. The van der Waals surface area contributed by atoms with Crippen LogP contribution in [0.15, 0.2) is 48.5 Å². The molecule has 0 aromatic heterocycles. The third-order valence-corrected chi connectivity index (χ3v) is 3.55. The maximum atomic E-state index is 12.0. The zero-order valence-electron chi connectivity index (χ0n) is 13.9. The molecule has 2 aromatic carbocycles. The number of benzene rings is 2. The molecule has 0 unspecified atom stereocenters. The Bertz CT molecular complexity index is 639. The minimum atomic E-state index is -0.0162. The van der Waals surface area contributed by atoms with E-state index in [4.69, 9.17) is 4.74 Å². The van der Waals surface area contributed by atoms with Crippen LogP contribution in [-0.4, -0.2) is 33.7 Å². The van der Waals surface area contributed by atoms with Gasteiger partial charge in [-0.1, -0.05) is 12.1 Å². The average molecular weight is 314 g/mol. The lowest BCUT2D eigenvalue weighted by Crippen LogP contribution is -2.84. The second kappa shape index (κ2) is 8.19. The summed E-state index contributed by atoms with van der Waals surface area (Å²) in [7, 11) is 5.63. The molecule has 0 saturated carbocycles. The Morgan fingerprint density at radius 1 is 1.13 bits per heavy atom. The lowest BCUT2D eigenvalue weighted by molar-refractivity contribution is -0.659.